The van der Waals surface area contributed by atoms with Crippen molar-refractivity contribution in [2.75, 3.05) is 0 Å². The molecule has 1 aromatic rings. The van der Waals surface area contributed by atoms with Crippen molar-refractivity contribution in [1.82, 2.24) is 5.48 Å². The van der Waals surface area contributed by atoms with Crippen LogP contribution >= 0.6 is 0 Å². The smallest absolute Gasteiger partial charge is 0.255 e. The first-order valence-corrected chi connectivity index (χ1v) is 4.80. The Kier molecular flexibility index (Phi) is 3.84. The van der Waals surface area contributed by atoms with E-state index in [-0.39, 0.29) is 12.2 Å². The molecule has 1 aromatic carbocycles. The molecule has 88 valence electrons. The minimum atomic E-state index is -1.09. The number of hydroxylamine groups is 1. The molecule has 0 aliphatic carbocycles. The Hall–Kier alpha value is -1.62. The molecular weight excluding hydrogens is 213 g/mol. The van der Waals surface area contributed by atoms with E-state index in [2.05, 4.69) is 5.48 Å². The summed E-state index contributed by atoms with van der Waals surface area (Å²) in [6.45, 7) is 3.04. The lowest BCUT2D eigenvalue weighted by molar-refractivity contribution is -0.131. The molecule has 0 unspecified atom stereocenters. The van der Waals surface area contributed by atoms with Gasteiger partial charge >= 0.3 is 0 Å². The molecule has 0 spiro atoms. The van der Waals surface area contributed by atoms with Gasteiger partial charge in [0.15, 0.2) is 5.75 Å². The van der Waals surface area contributed by atoms with Crippen molar-refractivity contribution in [1.29, 1.82) is 0 Å². The number of halogens is 1. The third-order valence-electron chi connectivity index (χ3n) is 1.69. The summed E-state index contributed by atoms with van der Waals surface area (Å²) in [6, 6.07) is 5.22. The van der Waals surface area contributed by atoms with Crippen LogP contribution in [0.5, 0.6) is 5.75 Å². The first kappa shape index (κ1) is 12.4. The Labute approximate surface area is 93.0 Å². The van der Waals surface area contributed by atoms with Crippen LogP contribution in [0.15, 0.2) is 24.3 Å². The van der Waals surface area contributed by atoms with Crippen molar-refractivity contribution in [2.24, 2.45) is 0 Å². The number of carbonyl (C=O) groups is 1. The van der Waals surface area contributed by atoms with Crippen molar-refractivity contribution in [2.45, 2.75) is 25.9 Å². The zero-order valence-electron chi connectivity index (χ0n) is 9.16. The SMILES string of the molecule is CC(C)(O)CC(=O)NOc1ccc(F)cc1. The summed E-state index contributed by atoms with van der Waals surface area (Å²) in [5, 5.41) is 9.36. The zero-order chi connectivity index (χ0) is 12.2. The van der Waals surface area contributed by atoms with Crippen molar-refractivity contribution in [3.8, 4) is 5.75 Å². The van der Waals surface area contributed by atoms with E-state index < -0.39 is 11.5 Å². The molecule has 5 heteroatoms. The quantitative estimate of drug-likeness (QED) is 0.764. The normalized spacial score (nSPS) is 11.0. The summed E-state index contributed by atoms with van der Waals surface area (Å²) in [7, 11) is 0. The Morgan fingerprint density at radius 3 is 2.50 bits per heavy atom. The first-order valence-electron chi connectivity index (χ1n) is 4.80. The molecule has 0 aliphatic rings. The van der Waals surface area contributed by atoms with E-state index >= 15 is 0 Å². The van der Waals surface area contributed by atoms with Gasteiger partial charge in [0.25, 0.3) is 5.91 Å². The zero-order valence-corrected chi connectivity index (χ0v) is 9.16. The fourth-order valence-corrected chi connectivity index (χ4v) is 1.05. The van der Waals surface area contributed by atoms with Gasteiger partial charge in [-0.1, -0.05) is 0 Å². The minimum absolute atomic E-state index is 0.0752. The van der Waals surface area contributed by atoms with Gasteiger partial charge in [-0.05, 0) is 38.1 Å². The predicted octanol–water partition coefficient (Wildman–Crippen LogP) is 1.40. The fourth-order valence-electron chi connectivity index (χ4n) is 1.05. The van der Waals surface area contributed by atoms with Crippen LogP contribution in [0.25, 0.3) is 0 Å². The molecule has 0 bridgehead atoms. The number of aliphatic hydroxyl groups is 1. The molecule has 0 fully saturated rings. The van der Waals surface area contributed by atoms with E-state index in [0.29, 0.717) is 5.75 Å². The Morgan fingerprint density at radius 1 is 1.44 bits per heavy atom. The highest BCUT2D eigenvalue weighted by Crippen LogP contribution is 2.10. The fraction of sp³-hybridized carbons (Fsp3) is 0.364. The molecule has 0 aromatic heterocycles. The van der Waals surface area contributed by atoms with Crippen LogP contribution in [0, 0.1) is 5.82 Å². The van der Waals surface area contributed by atoms with E-state index in [0.717, 1.165) is 0 Å². The highest BCUT2D eigenvalue weighted by molar-refractivity contribution is 5.75. The minimum Gasteiger partial charge on any atom is -0.390 e. The standard InChI is InChI=1S/C11H14FNO3/c1-11(2,15)7-10(14)13-16-9-5-3-8(12)4-6-9/h3-6,15H,7H2,1-2H3,(H,13,14). The summed E-state index contributed by atoms with van der Waals surface area (Å²) < 4.78 is 12.5. The van der Waals surface area contributed by atoms with Gasteiger partial charge in [0.1, 0.15) is 5.82 Å². The van der Waals surface area contributed by atoms with E-state index in [9.17, 15) is 14.3 Å². The number of benzene rings is 1. The van der Waals surface area contributed by atoms with Crippen LogP contribution in [-0.4, -0.2) is 16.6 Å². The number of carbonyl (C=O) groups excluding carboxylic acids is 1. The van der Waals surface area contributed by atoms with Crippen molar-refractivity contribution < 1.29 is 19.1 Å². The molecule has 1 rings (SSSR count). The van der Waals surface area contributed by atoms with Crippen molar-refractivity contribution in [3.05, 3.63) is 30.1 Å². The van der Waals surface area contributed by atoms with Gasteiger partial charge in [0, 0.05) is 0 Å². The molecule has 16 heavy (non-hydrogen) atoms. The number of rotatable bonds is 4. The van der Waals surface area contributed by atoms with Gasteiger partial charge in [-0.2, -0.15) is 5.48 Å². The highest BCUT2D eigenvalue weighted by atomic mass is 19.1. The average molecular weight is 227 g/mol. The van der Waals surface area contributed by atoms with E-state index in [4.69, 9.17) is 4.84 Å². The molecule has 0 atom stereocenters. The molecule has 0 saturated carbocycles. The van der Waals surface area contributed by atoms with Crippen LogP contribution in [0.4, 0.5) is 4.39 Å². The second kappa shape index (κ2) is 4.94. The summed E-state index contributed by atoms with van der Waals surface area (Å²) in [6.07, 6.45) is -0.0752. The lowest BCUT2D eigenvalue weighted by Gasteiger charge is -2.16. The van der Waals surface area contributed by atoms with Gasteiger partial charge in [0.2, 0.25) is 0 Å². The second-order valence-electron chi connectivity index (χ2n) is 4.07. The van der Waals surface area contributed by atoms with Gasteiger partial charge in [-0.3, -0.25) is 4.79 Å². The second-order valence-corrected chi connectivity index (χ2v) is 4.07. The number of nitrogens with one attached hydrogen (secondary N) is 1. The van der Waals surface area contributed by atoms with Crippen LogP contribution in [0.3, 0.4) is 0 Å². The Bertz CT molecular complexity index is 356. The van der Waals surface area contributed by atoms with Crippen LogP contribution in [-0.2, 0) is 4.79 Å². The lowest BCUT2D eigenvalue weighted by Crippen LogP contribution is -2.34. The topological polar surface area (TPSA) is 58.6 Å². The largest absolute Gasteiger partial charge is 0.390 e. The maximum atomic E-state index is 12.5. The van der Waals surface area contributed by atoms with Crippen molar-refractivity contribution >= 4 is 5.91 Å². The average Bonchev–Trinajstić information content (AvgIpc) is 2.14. The third kappa shape index (κ3) is 4.75. The Balaban J connectivity index is 2.40. The number of hydrogen-bond donors (Lipinski definition) is 2. The van der Waals surface area contributed by atoms with Crippen LogP contribution in [0.2, 0.25) is 0 Å². The summed E-state index contributed by atoms with van der Waals surface area (Å²) in [4.78, 5) is 16.1. The summed E-state index contributed by atoms with van der Waals surface area (Å²) >= 11 is 0. The summed E-state index contributed by atoms with van der Waals surface area (Å²) in [5.74, 6) is -0.502. The monoisotopic (exact) mass is 227 g/mol. The number of amides is 1. The van der Waals surface area contributed by atoms with Crippen LogP contribution in [0.1, 0.15) is 20.3 Å². The molecule has 2 N–H and O–H groups in total. The maximum Gasteiger partial charge on any atom is 0.255 e. The molecule has 0 heterocycles. The molecule has 1 amide bonds. The van der Waals surface area contributed by atoms with E-state index in [1.807, 2.05) is 0 Å². The first-order chi connectivity index (χ1) is 7.37. The molecule has 0 aliphatic heterocycles. The Morgan fingerprint density at radius 2 is 2.00 bits per heavy atom. The number of hydrogen-bond acceptors (Lipinski definition) is 3. The van der Waals surface area contributed by atoms with Crippen molar-refractivity contribution in [3.63, 3.8) is 0 Å². The predicted molar refractivity (Wildman–Crippen MR) is 56.1 cm³/mol. The van der Waals surface area contributed by atoms with Gasteiger partial charge in [-0.25, -0.2) is 4.39 Å². The summed E-state index contributed by atoms with van der Waals surface area (Å²) in [5.41, 5.74) is 1.07. The third-order valence-corrected chi connectivity index (χ3v) is 1.69. The van der Waals surface area contributed by atoms with E-state index in [1.165, 1.54) is 38.1 Å². The van der Waals surface area contributed by atoms with E-state index in [1.54, 1.807) is 0 Å². The van der Waals surface area contributed by atoms with Gasteiger partial charge in [-0.15, -0.1) is 0 Å². The maximum absolute atomic E-state index is 12.5. The van der Waals surface area contributed by atoms with Crippen LogP contribution < -0.4 is 10.3 Å². The molecule has 0 radical (unpaired) electrons. The molecular formula is C11H14FNO3. The van der Waals surface area contributed by atoms with Gasteiger partial charge < -0.3 is 9.94 Å². The lowest BCUT2D eigenvalue weighted by atomic mass is 10.1. The highest BCUT2D eigenvalue weighted by Gasteiger charge is 2.18. The molecule has 4 nitrogen and oxygen atoms in total. The molecule has 0 saturated heterocycles. The van der Waals surface area contributed by atoms with Gasteiger partial charge in [0.05, 0.1) is 12.0 Å².